The summed E-state index contributed by atoms with van der Waals surface area (Å²) < 4.78 is 0. The molecule has 1 aromatic carbocycles. The van der Waals surface area contributed by atoms with Crippen molar-refractivity contribution in [1.29, 1.82) is 0 Å². The van der Waals surface area contributed by atoms with E-state index in [4.69, 9.17) is 23.2 Å². The molecule has 0 spiro atoms. The summed E-state index contributed by atoms with van der Waals surface area (Å²) in [4.78, 5) is 20.4. The number of nitrogens with zero attached hydrogens (tertiary/aromatic N) is 3. The van der Waals surface area contributed by atoms with E-state index in [2.05, 4.69) is 15.2 Å². The zero-order chi connectivity index (χ0) is 16.2. The first-order chi connectivity index (χ1) is 11.1. The van der Waals surface area contributed by atoms with E-state index in [1.807, 2.05) is 12.1 Å². The molecule has 0 aliphatic carbocycles. The van der Waals surface area contributed by atoms with Crippen LogP contribution in [0.15, 0.2) is 42.7 Å². The predicted octanol–water partition coefficient (Wildman–Crippen LogP) is 3.74. The molecule has 7 heteroatoms. The van der Waals surface area contributed by atoms with Crippen molar-refractivity contribution in [3.05, 3.63) is 52.8 Å². The summed E-state index contributed by atoms with van der Waals surface area (Å²) in [7, 11) is 0. The summed E-state index contributed by atoms with van der Waals surface area (Å²) in [5.41, 5.74) is 1.65. The number of halogens is 2. The van der Waals surface area contributed by atoms with Crippen molar-refractivity contribution in [2.24, 2.45) is 0 Å². The molecule has 2 heterocycles. The molecule has 5 nitrogen and oxygen atoms in total. The normalized spacial score (nSPS) is 14.7. The number of urea groups is 1. The lowest BCUT2D eigenvalue weighted by Crippen LogP contribution is -2.50. The summed E-state index contributed by atoms with van der Waals surface area (Å²) >= 11 is 12.0. The fraction of sp³-hybridized carbons (Fsp3) is 0.250. The number of pyridine rings is 1. The molecule has 0 unspecified atom stereocenters. The average molecular weight is 351 g/mol. The number of aromatic nitrogens is 1. The molecule has 120 valence electrons. The summed E-state index contributed by atoms with van der Waals surface area (Å²) in [6, 6.07) is 8.79. The van der Waals surface area contributed by atoms with Gasteiger partial charge in [-0.25, -0.2) is 4.79 Å². The van der Waals surface area contributed by atoms with Crippen LogP contribution in [0.3, 0.4) is 0 Å². The fourth-order valence-corrected chi connectivity index (χ4v) is 2.85. The molecule has 2 amide bonds. The second-order valence-electron chi connectivity index (χ2n) is 5.23. The van der Waals surface area contributed by atoms with Crippen LogP contribution in [0.5, 0.6) is 0 Å². The Labute approximate surface area is 144 Å². The van der Waals surface area contributed by atoms with Gasteiger partial charge in [0.2, 0.25) is 0 Å². The van der Waals surface area contributed by atoms with Crippen molar-refractivity contribution in [3.8, 4) is 0 Å². The van der Waals surface area contributed by atoms with Crippen molar-refractivity contribution in [2.45, 2.75) is 0 Å². The summed E-state index contributed by atoms with van der Waals surface area (Å²) in [5, 5.41) is 3.82. The SMILES string of the molecule is O=C(Nc1cc(Cl)ccc1Cl)N1CCN(c2ccncc2)CC1. The molecule has 3 rings (SSSR count). The Kier molecular flexibility index (Phi) is 4.88. The summed E-state index contributed by atoms with van der Waals surface area (Å²) in [5.74, 6) is 0. The first-order valence-electron chi connectivity index (χ1n) is 7.29. The van der Waals surface area contributed by atoms with Crippen LogP contribution < -0.4 is 10.2 Å². The molecular formula is C16H16Cl2N4O. The number of benzene rings is 1. The lowest BCUT2D eigenvalue weighted by molar-refractivity contribution is 0.208. The number of carbonyl (C=O) groups excluding carboxylic acids is 1. The smallest absolute Gasteiger partial charge is 0.322 e. The quantitative estimate of drug-likeness (QED) is 0.897. The van der Waals surface area contributed by atoms with Gasteiger partial charge in [-0.2, -0.15) is 0 Å². The number of piperazine rings is 1. The van der Waals surface area contributed by atoms with Crippen molar-refractivity contribution >= 4 is 40.6 Å². The van der Waals surface area contributed by atoms with Crippen molar-refractivity contribution in [1.82, 2.24) is 9.88 Å². The standard InChI is InChI=1S/C16H16Cl2N4O/c17-12-1-2-14(18)15(11-12)20-16(23)22-9-7-21(8-10-22)13-3-5-19-6-4-13/h1-6,11H,7-10H2,(H,20,23). The minimum atomic E-state index is -0.163. The highest BCUT2D eigenvalue weighted by Crippen LogP contribution is 2.26. The summed E-state index contributed by atoms with van der Waals surface area (Å²) in [6.45, 7) is 2.85. The second-order valence-corrected chi connectivity index (χ2v) is 6.08. The van der Waals surface area contributed by atoms with Gasteiger partial charge in [0.15, 0.2) is 0 Å². The van der Waals surface area contributed by atoms with E-state index in [1.54, 1.807) is 35.5 Å². The molecule has 0 saturated carbocycles. The molecule has 1 fully saturated rings. The Bertz CT molecular complexity index is 688. The van der Waals surface area contributed by atoms with Gasteiger partial charge in [-0.1, -0.05) is 23.2 Å². The predicted molar refractivity (Wildman–Crippen MR) is 93.5 cm³/mol. The van der Waals surface area contributed by atoms with Crippen LogP contribution in [-0.4, -0.2) is 42.1 Å². The Morgan fingerprint density at radius 1 is 1.04 bits per heavy atom. The van der Waals surface area contributed by atoms with Gasteiger partial charge in [0, 0.05) is 49.3 Å². The molecule has 1 N–H and O–H groups in total. The van der Waals surface area contributed by atoms with Gasteiger partial charge in [-0.15, -0.1) is 0 Å². The molecule has 0 bridgehead atoms. The van der Waals surface area contributed by atoms with Gasteiger partial charge >= 0.3 is 6.03 Å². The number of rotatable bonds is 2. The van der Waals surface area contributed by atoms with Gasteiger partial charge in [-0.05, 0) is 30.3 Å². The van der Waals surface area contributed by atoms with Gasteiger partial charge in [-0.3, -0.25) is 4.98 Å². The topological polar surface area (TPSA) is 48.5 Å². The van der Waals surface area contributed by atoms with Crippen molar-refractivity contribution in [2.75, 3.05) is 36.4 Å². The van der Waals surface area contributed by atoms with Crippen LogP contribution in [0.25, 0.3) is 0 Å². The van der Waals surface area contributed by atoms with E-state index < -0.39 is 0 Å². The second kappa shape index (κ2) is 7.06. The zero-order valence-electron chi connectivity index (χ0n) is 12.4. The van der Waals surface area contributed by atoms with Gasteiger partial charge in [0.1, 0.15) is 0 Å². The Morgan fingerprint density at radius 2 is 1.74 bits per heavy atom. The van der Waals surface area contributed by atoms with E-state index in [-0.39, 0.29) is 6.03 Å². The van der Waals surface area contributed by atoms with E-state index in [0.29, 0.717) is 28.8 Å². The molecule has 1 aromatic heterocycles. The van der Waals surface area contributed by atoms with Gasteiger partial charge in [0.25, 0.3) is 0 Å². The Balaban J connectivity index is 1.59. The van der Waals surface area contributed by atoms with Crippen LogP contribution in [0, 0.1) is 0 Å². The third-order valence-electron chi connectivity index (χ3n) is 3.76. The minimum Gasteiger partial charge on any atom is -0.368 e. The number of nitrogens with one attached hydrogen (secondary N) is 1. The maximum absolute atomic E-state index is 12.4. The summed E-state index contributed by atoms with van der Waals surface area (Å²) in [6.07, 6.45) is 3.55. The van der Waals surface area contributed by atoms with E-state index in [1.165, 1.54) is 0 Å². The number of anilines is 2. The van der Waals surface area contributed by atoms with Crippen molar-refractivity contribution < 1.29 is 4.79 Å². The maximum atomic E-state index is 12.4. The Hall–Kier alpha value is -1.98. The zero-order valence-corrected chi connectivity index (χ0v) is 13.9. The van der Waals surface area contributed by atoms with Gasteiger partial charge < -0.3 is 15.1 Å². The molecule has 0 atom stereocenters. The van der Waals surface area contributed by atoms with Crippen LogP contribution in [-0.2, 0) is 0 Å². The highest BCUT2D eigenvalue weighted by atomic mass is 35.5. The lowest BCUT2D eigenvalue weighted by Gasteiger charge is -2.36. The molecule has 1 aliphatic rings. The number of hydrogen-bond acceptors (Lipinski definition) is 3. The molecule has 2 aromatic rings. The largest absolute Gasteiger partial charge is 0.368 e. The average Bonchev–Trinajstić information content (AvgIpc) is 2.59. The molecule has 23 heavy (non-hydrogen) atoms. The Morgan fingerprint density at radius 3 is 2.43 bits per heavy atom. The molecule has 0 radical (unpaired) electrons. The monoisotopic (exact) mass is 350 g/mol. The van der Waals surface area contributed by atoms with E-state index in [0.717, 1.165) is 18.8 Å². The molecule has 1 aliphatic heterocycles. The third kappa shape index (κ3) is 3.86. The van der Waals surface area contributed by atoms with Crippen LogP contribution >= 0.6 is 23.2 Å². The van der Waals surface area contributed by atoms with Crippen LogP contribution in [0.4, 0.5) is 16.2 Å². The lowest BCUT2D eigenvalue weighted by atomic mass is 10.2. The number of carbonyl (C=O) groups is 1. The first kappa shape index (κ1) is 15.9. The van der Waals surface area contributed by atoms with Crippen LogP contribution in [0.2, 0.25) is 10.0 Å². The minimum absolute atomic E-state index is 0.163. The third-order valence-corrected chi connectivity index (χ3v) is 4.33. The maximum Gasteiger partial charge on any atom is 0.322 e. The van der Waals surface area contributed by atoms with E-state index in [9.17, 15) is 4.79 Å². The van der Waals surface area contributed by atoms with E-state index >= 15 is 0 Å². The highest BCUT2D eigenvalue weighted by molar-refractivity contribution is 6.35. The fourth-order valence-electron chi connectivity index (χ4n) is 2.51. The van der Waals surface area contributed by atoms with Gasteiger partial charge in [0.05, 0.1) is 10.7 Å². The molecular weight excluding hydrogens is 335 g/mol. The molecule has 1 saturated heterocycles. The van der Waals surface area contributed by atoms with Crippen LogP contribution in [0.1, 0.15) is 0 Å². The number of amides is 2. The highest BCUT2D eigenvalue weighted by Gasteiger charge is 2.21. The first-order valence-corrected chi connectivity index (χ1v) is 8.05. The van der Waals surface area contributed by atoms with Crippen molar-refractivity contribution in [3.63, 3.8) is 0 Å². The number of hydrogen-bond donors (Lipinski definition) is 1.